The molecule has 2 aromatic rings. The summed E-state index contributed by atoms with van der Waals surface area (Å²) >= 11 is 0. The van der Waals surface area contributed by atoms with E-state index in [1.54, 1.807) is 29.2 Å². The fourth-order valence-corrected chi connectivity index (χ4v) is 2.28. The third-order valence-corrected chi connectivity index (χ3v) is 3.19. The molecule has 8 heteroatoms. The molecule has 2 N–H and O–H groups in total. The van der Waals surface area contributed by atoms with Gasteiger partial charge in [-0.15, -0.1) is 0 Å². The van der Waals surface area contributed by atoms with Gasteiger partial charge in [-0.1, -0.05) is 23.4 Å². The largest absolute Gasteiger partial charge is 0.475 e. The van der Waals surface area contributed by atoms with Crippen LogP contribution in [-0.4, -0.2) is 41.1 Å². The molecular formula is C14H11N3O5. The van der Waals surface area contributed by atoms with Crippen LogP contribution in [0.4, 0.5) is 5.69 Å². The molecule has 8 nitrogen and oxygen atoms in total. The zero-order chi connectivity index (χ0) is 15.7. The van der Waals surface area contributed by atoms with E-state index in [2.05, 4.69) is 10.5 Å². The molecule has 1 aliphatic rings. The minimum absolute atomic E-state index is 0.0341. The highest BCUT2D eigenvalue weighted by atomic mass is 16.5. The van der Waals surface area contributed by atoms with Gasteiger partial charge in [-0.25, -0.2) is 4.79 Å². The maximum atomic E-state index is 11.5. The first kappa shape index (κ1) is 13.8. The smallest absolute Gasteiger partial charge is 0.374 e. The van der Waals surface area contributed by atoms with Gasteiger partial charge >= 0.3 is 5.97 Å². The van der Waals surface area contributed by atoms with Crippen molar-refractivity contribution in [1.82, 2.24) is 10.5 Å². The van der Waals surface area contributed by atoms with Crippen LogP contribution in [0.15, 0.2) is 34.9 Å². The van der Waals surface area contributed by atoms with Crippen LogP contribution in [0.5, 0.6) is 0 Å². The molecule has 1 saturated heterocycles. The van der Waals surface area contributed by atoms with Crippen molar-refractivity contribution in [3.8, 4) is 11.3 Å². The number of anilines is 1. The minimum atomic E-state index is -1.22. The van der Waals surface area contributed by atoms with E-state index in [1.807, 2.05) is 0 Å². The number of hydrogen-bond acceptors (Lipinski definition) is 6. The molecule has 2 heterocycles. The Morgan fingerprint density at radius 1 is 1.23 bits per heavy atom. The van der Waals surface area contributed by atoms with Crippen LogP contribution >= 0.6 is 0 Å². The molecule has 0 unspecified atom stereocenters. The lowest BCUT2D eigenvalue weighted by molar-refractivity contribution is -0.130. The van der Waals surface area contributed by atoms with Crippen LogP contribution in [0.2, 0.25) is 0 Å². The number of carboxylic acids is 1. The molecule has 0 saturated carbocycles. The van der Waals surface area contributed by atoms with Gasteiger partial charge in [0, 0.05) is 17.3 Å². The predicted molar refractivity (Wildman–Crippen MR) is 74.3 cm³/mol. The van der Waals surface area contributed by atoms with Crippen molar-refractivity contribution < 1.29 is 24.0 Å². The molecule has 1 aliphatic heterocycles. The molecule has 0 atom stereocenters. The molecule has 1 fully saturated rings. The van der Waals surface area contributed by atoms with Gasteiger partial charge in [0.2, 0.25) is 17.6 Å². The second kappa shape index (κ2) is 5.32. The first-order chi connectivity index (χ1) is 10.5. The topological polar surface area (TPSA) is 113 Å². The van der Waals surface area contributed by atoms with E-state index in [0.717, 1.165) is 0 Å². The van der Waals surface area contributed by atoms with E-state index in [4.69, 9.17) is 9.63 Å². The summed E-state index contributed by atoms with van der Waals surface area (Å²) in [6.07, 6.45) is 0. The van der Waals surface area contributed by atoms with E-state index in [-0.39, 0.29) is 18.8 Å². The van der Waals surface area contributed by atoms with Crippen molar-refractivity contribution >= 4 is 23.5 Å². The van der Waals surface area contributed by atoms with Crippen LogP contribution in [0, 0.1) is 0 Å². The van der Waals surface area contributed by atoms with Gasteiger partial charge in [-0.3, -0.25) is 14.9 Å². The number of aromatic nitrogens is 1. The monoisotopic (exact) mass is 301 g/mol. The number of aromatic carboxylic acids is 1. The quantitative estimate of drug-likeness (QED) is 0.794. The Morgan fingerprint density at radius 2 is 1.91 bits per heavy atom. The van der Waals surface area contributed by atoms with Crippen LogP contribution in [0.1, 0.15) is 10.6 Å². The molecule has 0 aliphatic carbocycles. The molecule has 3 rings (SSSR count). The highest BCUT2D eigenvalue weighted by Crippen LogP contribution is 2.30. The van der Waals surface area contributed by atoms with E-state index < -0.39 is 17.8 Å². The number of para-hydroxylation sites is 1. The van der Waals surface area contributed by atoms with E-state index in [0.29, 0.717) is 16.9 Å². The van der Waals surface area contributed by atoms with E-state index in [9.17, 15) is 14.4 Å². The van der Waals surface area contributed by atoms with Crippen molar-refractivity contribution in [2.24, 2.45) is 0 Å². The molecule has 0 radical (unpaired) electrons. The lowest BCUT2D eigenvalue weighted by Gasteiger charge is -2.28. The Kier molecular flexibility index (Phi) is 3.34. The van der Waals surface area contributed by atoms with Crippen LogP contribution in [-0.2, 0) is 9.59 Å². The fraction of sp³-hybridized carbons (Fsp3) is 0.143. The maximum Gasteiger partial charge on any atom is 0.374 e. The highest BCUT2D eigenvalue weighted by Gasteiger charge is 2.25. The van der Waals surface area contributed by atoms with E-state index >= 15 is 0 Å². The Bertz CT molecular complexity index is 751. The van der Waals surface area contributed by atoms with Gasteiger partial charge in [-0.2, -0.15) is 0 Å². The number of rotatable bonds is 3. The average molecular weight is 301 g/mol. The van der Waals surface area contributed by atoms with Crippen molar-refractivity contribution in [1.29, 1.82) is 0 Å². The number of nitrogens with one attached hydrogen (secondary N) is 1. The van der Waals surface area contributed by atoms with Crippen molar-refractivity contribution in [2.75, 3.05) is 18.0 Å². The zero-order valence-corrected chi connectivity index (χ0v) is 11.3. The van der Waals surface area contributed by atoms with Crippen LogP contribution < -0.4 is 10.2 Å². The number of amides is 2. The van der Waals surface area contributed by atoms with Crippen LogP contribution in [0.3, 0.4) is 0 Å². The number of imide groups is 1. The van der Waals surface area contributed by atoms with Crippen LogP contribution in [0.25, 0.3) is 11.3 Å². The lowest BCUT2D eigenvalue weighted by atomic mass is 10.1. The van der Waals surface area contributed by atoms with Crippen molar-refractivity contribution in [3.63, 3.8) is 0 Å². The second-order valence-electron chi connectivity index (χ2n) is 4.73. The highest BCUT2D eigenvalue weighted by molar-refractivity contribution is 6.03. The summed E-state index contributed by atoms with van der Waals surface area (Å²) in [4.78, 5) is 35.5. The molecule has 1 aromatic carbocycles. The Balaban J connectivity index is 2.00. The second-order valence-corrected chi connectivity index (χ2v) is 4.73. The number of carboxylic acid groups (broad SMARTS) is 1. The third-order valence-electron chi connectivity index (χ3n) is 3.19. The molecule has 112 valence electrons. The van der Waals surface area contributed by atoms with Gasteiger partial charge in [0.1, 0.15) is 5.69 Å². The van der Waals surface area contributed by atoms with Crippen molar-refractivity contribution in [2.45, 2.75) is 0 Å². The maximum absolute atomic E-state index is 11.5. The molecule has 1 aromatic heterocycles. The SMILES string of the molecule is O=C1CN(c2ccccc2-c2cc(C(=O)O)on2)CC(=O)N1. The third kappa shape index (κ3) is 2.53. The summed E-state index contributed by atoms with van der Waals surface area (Å²) in [6, 6.07) is 8.26. The predicted octanol–water partition coefficient (Wildman–Crippen LogP) is 0.503. The first-order valence-electron chi connectivity index (χ1n) is 6.41. The molecule has 0 bridgehead atoms. The van der Waals surface area contributed by atoms with Gasteiger partial charge in [-0.05, 0) is 6.07 Å². The number of carbonyl (C=O) groups excluding carboxylic acids is 2. The Labute approximate surface area is 124 Å². The molecule has 0 spiro atoms. The number of piperazine rings is 1. The fourth-order valence-electron chi connectivity index (χ4n) is 2.28. The first-order valence-corrected chi connectivity index (χ1v) is 6.41. The van der Waals surface area contributed by atoms with Gasteiger partial charge < -0.3 is 14.5 Å². The number of nitrogens with zero attached hydrogens (tertiary/aromatic N) is 2. The average Bonchev–Trinajstić information content (AvgIpc) is 2.96. The van der Waals surface area contributed by atoms with Gasteiger partial charge in [0.05, 0.1) is 13.1 Å². The molecular weight excluding hydrogens is 290 g/mol. The number of hydrogen-bond donors (Lipinski definition) is 2. The van der Waals surface area contributed by atoms with Crippen molar-refractivity contribution in [3.05, 3.63) is 36.1 Å². The number of carbonyl (C=O) groups is 3. The van der Waals surface area contributed by atoms with Gasteiger partial charge in [0.15, 0.2) is 0 Å². The summed E-state index contributed by atoms with van der Waals surface area (Å²) in [5, 5.41) is 14.8. The zero-order valence-electron chi connectivity index (χ0n) is 11.3. The molecule has 22 heavy (non-hydrogen) atoms. The number of benzene rings is 1. The summed E-state index contributed by atoms with van der Waals surface area (Å²) in [5.74, 6) is -2.28. The van der Waals surface area contributed by atoms with E-state index in [1.165, 1.54) is 6.07 Å². The standard InChI is InChI=1S/C14H11N3O5/c18-12-6-17(7-13(19)15-12)10-4-2-1-3-8(10)9-5-11(14(20)21)22-16-9/h1-5H,6-7H2,(H,20,21)(H,15,18,19). The molecule has 2 amide bonds. The summed E-state index contributed by atoms with van der Waals surface area (Å²) in [7, 11) is 0. The van der Waals surface area contributed by atoms with Gasteiger partial charge in [0.25, 0.3) is 0 Å². The summed E-state index contributed by atoms with van der Waals surface area (Å²) < 4.78 is 4.75. The normalized spacial score (nSPS) is 14.8. The lowest BCUT2D eigenvalue weighted by Crippen LogP contribution is -2.51. The minimum Gasteiger partial charge on any atom is -0.475 e. The summed E-state index contributed by atoms with van der Waals surface area (Å²) in [6.45, 7) is 0.0682. The summed E-state index contributed by atoms with van der Waals surface area (Å²) in [5.41, 5.74) is 1.52. The Hall–Kier alpha value is -3.16. The Morgan fingerprint density at radius 3 is 2.55 bits per heavy atom.